The summed E-state index contributed by atoms with van der Waals surface area (Å²) in [5.41, 5.74) is 11.7. The van der Waals surface area contributed by atoms with Crippen LogP contribution in [0.3, 0.4) is 0 Å². The van der Waals surface area contributed by atoms with Gasteiger partial charge in [-0.15, -0.1) is 0 Å². The molecule has 0 fully saturated rings. The third-order valence-corrected chi connectivity index (χ3v) is 6.54. The van der Waals surface area contributed by atoms with Crippen molar-refractivity contribution in [2.24, 2.45) is 5.73 Å². The lowest BCUT2D eigenvalue weighted by Crippen LogP contribution is -2.32. The van der Waals surface area contributed by atoms with Gasteiger partial charge in [-0.3, -0.25) is 9.59 Å². The van der Waals surface area contributed by atoms with Crippen molar-refractivity contribution in [3.63, 3.8) is 0 Å². The first kappa shape index (κ1) is 23.4. The van der Waals surface area contributed by atoms with Gasteiger partial charge in [0, 0.05) is 24.2 Å². The van der Waals surface area contributed by atoms with E-state index in [1.165, 1.54) is 0 Å². The van der Waals surface area contributed by atoms with E-state index >= 15 is 0 Å². The van der Waals surface area contributed by atoms with Gasteiger partial charge in [0.1, 0.15) is 12.4 Å². The number of carbonyl (C=O) groups is 2. The second kappa shape index (κ2) is 10.5. The Kier molecular flexibility index (Phi) is 6.85. The van der Waals surface area contributed by atoms with Gasteiger partial charge >= 0.3 is 0 Å². The summed E-state index contributed by atoms with van der Waals surface area (Å²) in [6, 6.07) is 21.2. The minimum atomic E-state index is -0.435. The molecule has 3 N–H and O–H groups in total. The van der Waals surface area contributed by atoms with E-state index in [9.17, 15) is 9.59 Å². The third kappa shape index (κ3) is 5.18. The number of nitrogens with zero attached hydrogens (tertiary/aromatic N) is 1. The Morgan fingerprint density at radius 1 is 1.00 bits per heavy atom. The topological polar surface area (TPSA) is 84.7 Å². The normalized spacial score (nSPS) is 14.4. The number of rotatable bonds is 7. The van der Waals surface area contributed by atoms with Crippen LogP contribution in [0.4, 0.5) is 5.69 Å². The van der Waals surface area contributed by atoms with Gasteiger partial charge < -0.3 is 20.7 Å². The van der Waals surface area contributed by atoms with E-state index in [1.54, 1.807) is 6.07 Å². The zero-order valence-corrected chi connectivity index (χ0v) is 20.1. The van der Waals surface area contributed by atoms with Gasteiger partial charge in [0.25, 0.3) is 5.91 Å². The predicted molar refractivity (Wildman–Crippen MR) is 142 cm³/mol. The second-order valence-electron chi connectivity index (χ2n) is 9.00. The molecule has 36 heavy (non-hydrogen) atoms. The van der Waals surface area contributed by atoms with Crippen molar-refractivity contribution in [1.29, 1.82) is 0 Å². The summed E-state index contributed by atoms with van der Waals surface area (Å²) in [7, 11) is 0. The van der Waals surface area contributed by atoms with Crippen molar-refractivity contribution in [2.75, 3.05) is 24.6 Å². The molecule has 182 valence electrons. The largest absolute Gasteiger partial charge is 0.490 e. The number of nitrogens with two attached hydrogens (primary N) is 1. The molecular weight excluding hydrogens is 450 g/mol. The Morgan fingerprint density at radius 3 is 2.61 bits per heavy atom. The summed E-state index contributed by atoms with van der Waals surface area (Å²) in [5, 5.41) is 3.00. The van der Waals surface area contributed by atoms with Crippen LogP contribution in [0.15, 0.2) is 90.5 Å². The quantitative estimate of drug-likeness (QED) is 0.507. The van der Waals surface area contributed by atoms with Crippen LogP contribution in [0.5, 0.6) is 5.75 Å². The number of hydrogen-bond donors (Lipinski definition) is 2. The summed E-state index contributed by atoms with van der Waals surface area (Å²) in [4.78, 5) is 26.7. The van der Waals surface area contributed by atoms with E-state index in [4.69, 9.17) is 10.5 Å². The first-order valence-corrected chi connectivity index (χ1v) is 12.2. The van der Waals surface area contributed by atoms with Gasteiger partial charge in [-0.1, -0.05) is 60.7 Å². The van der Waals surface area contributed by atoms with E-state index in [1.807, 2.05) is 48.5 Å². The van der Waals surface area contributed by atoms with Gasteiger partial charge in [0.05, 0.1) is 12.2 Å². The Labute approximate surface area is 211 Å². The standard InChI is InChI=1S/C30H29N3O3/c31-29(34)26-9-5-4-8-25(26)23-12-10-22(11-13-23)20-33-16-17-36-28-18-24(14-15-27(28)33)30(35)32-19-21-6-2-1-3-7-21/h2,4-15,18H,1,3,16-17,19-20H2,(H2,31,34)(H,32,35). The number of allylic oxidation sites excluding steroid dienone is 2. The highest BCUT2D eigenvalue weighted by Gasteiger charge is 2.20. The molecule has 3 aromatic carbocycles. The van der Waals surface area contributed by atoms with Gasteiger partial charge in [-0.2, -0.15) is 0 Å². The number of amides is 2. The fraction of sp³-hybridized carbons (Fsp3) is 0.200. The molecular formula is C30H29N3O3. The lowest BCUT2D eigenvalue weighted by atomic mass is 9.98. The Bertz CT molecular complexity index is 1340. The van der Waals surface area contributed by atoms with E-state index in [0.29, 0.717) is 30.8 Å². The molecule has 0 radical (unpaired) electrons. The van der Waals surface area contributed by atoms with Crippen LogP contribution < -0.4 is 20.7 Å². The number of carbonyl (C=O) groups excluding carboxylic acids is 2. The van der Waals surface area contributed by atoms with E-state index in [-0.39, 0.29) is 5.91 Å². The Morgan fingerprint density at radius 2 is 1.83 bits per heavy atom. The lowest BCUT2D eigenvalue weighted by Gasteiger charge is -2.31. The van der Waals surface area contributed by atoms with Crippen molar-refractivity contribution >= 4 is 17.5 Å². The molecule has 1 heterocycles. The van der Waals surface area contributed by atoms with Crippen LogP contribution in [0, 0.1) is 0 Å². The molecule has 0 bridgehead atoms. The maximum atomic E-state index is 12.7. The molecule has 0 saturated carbocycles. The first-order valence-electron chi connectivity index (χ1n) is 12.2. The van der Waals surface area contributed by atoms with Gasteiger partial charge in [-0.25, -0.2) is 0 Å². The van der Waals surface area contributed by atoms with E-state index < -0.39 is 5.91 Å². The van der Waals surface area contributed by atoms with Crippen LogP contribution in [-0.2, 0) is 6.54 Å². The molecule has 0 unspecified atom stereocenters. The summed E-state index contributed by atoms with van der Waals surface area (Å²) in [5.74, 6) is 0.179. The molecule has 0 atom stereocenters. The van der Waals surface area contributed by atoms with Crippen molar-refractivity contribution in [2.45, 2.75) is 19.4 Å². The molecule has 6 nitrogen and oxygen atoms in total. The van der Waals surface area contributed by atoms with Crippen LogP contribution >= 0.6 is 0 Å². The highest BCUT2D eigenvalue weighted by atomic mass is 16.5. The molecule has 6 heteroatoms. The number of fused-ring (bicyclic) bond motifs is 1. The molecule has 0 aromatic heterocycles. The van der Waals surface area contributed by atoms with E-state index in [2.05, 4.69) is 40.6 Å². The Balaban J connectivity index is 1.27. The summed E-state index contributed by atoms with van der Waals surface area (Å²) >= 11 is 0. The number of ether oxygens (including phenoxy) is 1. The van der Waals surface area contributed by atoms with Gasteiger partial charge in [-0.05, 0) is 59.4 Å². The summed E-state index contributed by atoms with van der Waals surface area (Å²) in [6.45, 7) is 2.55. The van der Waals surface area contributed by atoms with Crippen LogP contribution in [0.2, 0.25) is 0 Å². The number of benzene rings is 3. The SMILES string of the molecule is NC(=O)c1ccccc1-c1ccc(CN2CCOc3cc(C(=O)NCC4=CCCC=C4)ccc32)cc1. The monoisotopic (exact) mass is 479 g/mol. The minimum Gasteiger partial charge on any atom is -0.490 e. The van der Waals surface area contributed by atoms with Gasteiger partial charge in [0.2, 0.25) is 5.91 Å². The van der Waals surface area contributed by atoms with Crippen molar-refractivity contribution in [3.8, 4) is 16.9 Å². The summed E-state index contributed by atoms with van der Waals surface area (Å²) < 4.78 is 5.90. The van der Waals surface area contributed by atoms with Crippen LogP contribution in [0.25, 0.3) is 11.1 Å². The average Bonchev–Trinajstić information content (AvgIpc) is 2.92. The average molecular weight is 480 g/mol. The maximum absolute atomic E-state index is 12.7. The highest BCUT2D eigenvalue weighted by molar-refractivity contribution is 5.99. The number of nitrogens with one attached hydrogen (secondary N) is 1. The number of primary amides is 1. The molecule has 1 aliphatic carbocycles. The fourth-order valence-electron chi connectivity index (χ4n) is 4.63. The van der Waals surface area contributed by atoms with Gasteiger partial charge in [0.15, 0.2) is 0 Å². The zero-order chi connectivity index (χ0) is 24.9. The van der Waals surface area contributed by atoms with E-state index in [0.717, 1.165) is 53.1 Å². The highest BCUT2D eigenvalue weighted by Crippen LogP contribution is 2.34. The minimum absolute atomic E-state index is 0.106. The number of hydrogen-bond acceptors (Lipinski definition) is 4. The fourth-order valence-corrected chi connectivity index (χ4v) is 4.63. The molecule has 1 aliphatic heterocycles. The molecule has 3 aromatic rings. The van der Waals surface area contributed by atoms with Crippen LogP contribution in [-0.4, -0.2) is 31.5 Å². The smallest absolute Gasteiger partial charge is 0.251 e. The first-order chi connectivity index (χ1) is 17.6. The molecule has 0 spiro atoms. The second-order valence-corrected chi connectivity index (χ2v) is 9.00. The van der Waals surface area contributed by atoms with Crippen LogP contribution in [0.1, 0.15) is 39.1 Å². The van der Waals surface area contributed by atoms with Crippen molar-refractivity contribution in [1.82, 2.24) is 5.32 Å². The molecule has 5 rings (SSSR count). The molecule has 2 amide bonds. The zero-order valence-electron chi connectivity index (χ0n) is 20.1. The van der Waals surface area contributed by atoms with Crippen molar-refractivity contribution < 1.29 is 14.3 Å². The van der Waals surface area contributed by atoms with Crippen molar-refractivity contribution in [3.05, 3.63) is 107 Å². The maximum Gasteiger partial charge on any atom is 0.251 e. The molecule has 0 saturated heterocycles. The predicted octanol–water partition coefficient (Wildman–Crippen LogP) is 4.86. The Hall–Kier alpha value is -4.32. The third-order valence-electron chi connectivity index (χ3n) is 6.54. The summed E-state index contributed by atoms with van der Waals surface area (Å²) in [6.07, 6.45) is 8.45. The lowest BCUT2D eigenvalue weighted by molar-refractivity contribution is 0.0955. The number of anilines is 1. The molecule has 2 aliphatic rings.